The van der Waals surface area contributed by atoms with Crippen molar-refractivity contribution >= 4 is 5.84 Å². The van der Waals surface area contributed by atoms with Crippen LogP contribution in [0.2, 0.25) is 0 Å². The van der Waals surface area contributed by atoms with Crippen LogP contribution in [0.5, 0.6) is 0 Å². The van der Waals surface area contributed by atoms with E-state index in [1.165, 1.54) is 18.2 Å². The Hall–Kier alpha value is -1.98. The molecule has 1 aromatic carbocycles. The van der Waals surface area contributed by atoms with Crippen molar-refractivity contribution in [2.75, 3.05) is 0 Å². The number of amidine groups is 1. The lowest BCUT2D eigenvalue weighted by atomic mass is 10.1. The van der Waals surface area contributed by atoms with Crippen LogP contribution >= 0.6 is 0 Å². The molecule has 1 rings (SSSR count). The fourth-order valence-electron chi connectivity index (χ4n) is 1.33. The molecule has 3 nitrogen and oxygen atoms in total. The normalized spacial score (nSPS) is 12.2. The number of nitrogens with zero attached hydrogens (tertiary/aromatic N) is 2. The standard InChI is InChI=1S/C13H13F3N2O/c1-8(2)9(3)17-12(18-19)10-6-4-5-7-11(10)13(14,15)16/h4-7H,1-3H3. The van der Waals surface area contributed by atoms with Gasteiger partial charge in [-0.15, -0.1) is 4.91 Å². The van der Waals surface area contributed by atoms with Crippen molar-refractivity contribution in [2.24, 2.45) is 10.2 Å². The summed E-state index contributed by atoms with van der Waals surface area (Å²) in [7, 11) is 0. The molecule has 102 valence electrons. The number of benzene rings is 1. The lowest BCUT2D eigenvalue weighted by Crippen LogP contribution is -2.12. The summed E-state index contributed by atoms with van der Waals surface area (Å²) in [5.41, 5.74) is 0.0257. The first-order chi connectivity index (χ1) is 8.77. The zero-order valence-electron chi connectivity index (χ0n) is 10.7. The van der Waals surface area contributed by atoms with E-state index in [2.05, 4.69) is 10.2 Å². The second-order valence-corrected chi connectivity index (χ2v) is 4.16. The molecule has 0 aromatic heterocycles. The van der Waals surface area contributed by atoms with E-state index in [4.69, 9.17) is 0 Å². The van der Waals surface area contributed by atoms with Gasteiger partial charge in [-0.25, -0.2) is 4.99 Å². The Labute approximate surface area is 108 Å². The Balaban J connectivity index is 3.44. The second kappa shape index (κ2) is 5.77. The zero-order chi connectivity index (χ0) is 14.6. The van der Waals surface area contributed by atoms with Gasteiger partial charge < -0.3 is 0 Å². The topological polar surface area (TPSA) is 41.8 Å². The van der Waals surface area contributed by atoms with Crippen LogP contribution in [-0.2, 0) is 6.18 Å². The van der Waals surface area contributed by atoms with Gasteiger partial charge in [-0.05, 0) is 32.0 Å². The average Bonchev–Trinajstić information content (AvgIpc) is 2.34. The number of halogens is 3. The maximum absolute atomic E-state index is 12.8. The lowest BCUT2D eigenvalue weighted by molar-refractivity contribution is -0.137. The van der Waals surface area contributed by atoms with Gasteiger partial charge >= 0.3 is 6.18 Å². The number of aliphatic imine (C=N–C) groups is 1. The quantitative estimate of drug-likeness (QED) is 0.442. The van der Waals surface area contributed by atoms with Crippen LogP contribution in [0.25, 0.3) is 0 Å². The molecule has 19 heavy (non-hydrogen) atoms. The minimum absolute atomic E-state index is 0.314. The molecule has 0 saturated heterocycles. The molecule has 0 radical (unpaired) electrons. The minimum atomic E-state index is -4.55. The highest BCUT2D eigenvalue weighted by molar-refractivity contribution is 6.01. The summed E-state index contributed by atoms with van der Waals surface area (Å²) in [4.78, 5) is 14.6. The Kier molecular flexibility index (Phi) is 4.58. The van der Waals surface area contributed by atoms with E-state index in [1.54, 1.807) is 20.8 Å². The number of alkyl halides is 3. The van der Waals surface area contributed by atoms with E-state index < -0.39 is 17.6 Å². The van der Waals surface area contributed by atoms with E-state index in [1.807, 2.05) is 0 Å². The highest BCUT2D eigenvalue weighted by Gasteiger charge is 2.34. The van der Waals surface area contributed by atoms with Gasteiger partial charge in [-0.2, -0.15) is 13.2 Å². The summed E-state index contributed by atoms with van der Waals surface area (Å²) in [6, 6.07) is 4.74. The van der Waals surface area contributed by atoms with Gasteiger partial charge in [0.1, 0.15) is 0 Å². The largest absolute Gasteiger partial charge is 0.417 e. The van der Waals surface area contributed by atoms with Crippen LogP contribution in [0.1, 0.15) is 31.9 Å². The third-order valence-corrected chi connectivity index (χ3v) is 2.56. The number of rotatable bonds is 2. The molecule has 0 fully saturated rings. The van der Waals surface area contributed by atoms with Crippen molar-refractivity contribution < 1.29 is 13.2 Å². The van der Waals surface area contributed by atoms with Crippen molar-refractivity contribution in [3.8, 4) is 0 Å². The number of hydrogen-bond acceptors (Lipinski definition) is 2. The molecule has 0 aliphatic heterocycles. The van der Waals surface area contributed by atoms with Crippen LogP contribution in [0.3, 0.4) is 0 Å². The van der Waals surface area contributed by atoms with E-state index in [9.17, 15) is 18.1 Å². The molecule has 0 aliphatic carbocycles. The number of nitroso groups, excluding NO2 is 1. The Morgan fingerprint density at radius 1 is 1.11 bits per heavy atom. The second-order valence-electron chi connectivity index (χ2n) is 4.16. The highest BCUT2D eigenvalue weighted by Crippen LogP contribution is 2.32. The summed E-state index contributed by atoms with van der Waals surface area (Å²) in [6.45, 7) is 5.10. The molecule has 0 amide bonds. The summed E-state index contributed by atoms with van der Waals surface area (Å²) in [5.74, 6) is -0.466. The van der Waals surface area contributed by atoms with Crippen LogP contribution in [0.15, 0.2) is 45.7 Å². The number of hydrogen-bond donors (Lipinski definition) is 0. The van der Waals surface area contributed by atoms with Gasteiger partial charge in [-0.1, -0.05) is 23.8 Å². The summed E-state index contributed by atoms with van der Waals surface area (Å²) in [5, 5.41) is 2.62. The van der Waals surface area contributed by atoms with Crippen LogP contribution in [0.4, 0.5) is 13.2 Å². The van der Waals surface area contributed by atoms with Gasteiger partial charge in [0.2, 0.25) is 5.84 Å². The van der Waals surface area contributed by atoms with E-state index in [0.717, 1.165) is 11.6 Å². The molecule has 6 heteroatoms. The molecule has 0 atom stereocenters. The fourth-order valence-corrected chi connectivity index (χ4v) is 1.33. The van der Waals surface area contributed by atoms with E-state index >= 15 is 0 Å². The van der Waals surface area contributed by atoms with Crippen LogP contribution in [-0.4, -0.2) is 5.84 Å². The fraction of sp³-hybridized carbons (Fsp3) is 0.308. The SMILES string of the molecule is CC(C)=C(C)N=C(N=O)c1ccccc1C(F)(F)F. The minimum Gasteiger partial charge on any atom is -0.231 e. The van der Waals surface area contributed by atoms with Crippen molar-refractivity contribution in [3.63, 3.8) is 0 Å². The van der Waals surface area contributed by atoms with Crippen molar-refractivity contribution in [1.29, 1.82) is 0 Å². The summed E-state index contributed by atoms with van der Waals surface area (Å²) >= 11 is 0. The Morgan fingerprint density at radius 2 is 1.68 bits per heavy atom. The smallest absolute Gasteiger partial charge is 0.231 e. The van der Waals surface area contributed by atoms with Gasteiger partial charge in [0.25, 0.3) is 0 Å². The summed E-state index contributed by atoms with van der Waals surface area (Å²) < 4.78 is 38.5. The van der Waals surface area contributed by atoms with Crippen molar-refractivity contribution in [3.05, 3.63) is 51.6 Å². The van der Waals surface area contributed by atoms with E-state index in [0.29, 0.717) is 5.70 Å². The predicted octanol–water partition coefficient (Wildman–Crippen LogP) is 4.53. The lowest BCUT2D eigenvalue weighted by Gasteiger charge is -2.11. The monoisotopic (exact) mass is 270 g/mol. The molecular weight excluding hydrogens is 257 g/mol. The first kappa shape index (κ1) is 15.1. The number of allylic oxidation sites excluding steroid dienone is 2. The average molecular weight is 270 g/mol. The molecule has 1 aromatic rings. The molecule has 0 N–H and O–H groups in total. The molecule has 0 saturated carbocycles. The maximum atomic E-state index is 12.8. The molecule has 0 heterocycles. The van der Waals surface area contributed by atoms with Gasteiger partial charge in [0.05, 0.1) is 5.56 Å². The first-order valence-electron chi connectivity index (χ1n) is 5.50. The molecule has 0 spiro atoms. The highest BCUT2D eigenvalue weighted by atomic mass is 19.4. The van der Waals surface area contributed by atoms with Crippen molar-refractivity contribution in [1.82, 2.24) is 0 Å². The Bertz CT molecular complexity index is 541. The predicted molar refractivity (Wildman–Crippen MR) is 67.8 cm³/mol. The van der Waals surface area contributed by atoms with Gasteiger partial charge in [0, 0.05) is 11.3 Å². The van der Waals surface area contributed by atoms with Crippen LogP contribution < -0.4 is 0 Å². The zero-order valence-corrected chi connectivity index (χ0v) is 10.7. The summed E-state index contributed by atoms with van der Waals surface area (Å²) in [6.07, 6.45) is -4.55. The van der Waals surface area contributed by atoms with Gasteiger partial charge in [-0.3, -0.25) is 0 Å². The third-order valence-electron chi connectivity index (χ3n) is 2.56. The van der Waals surface area contributed by atoms with Gasteiger partial charge in [0.15, 0.2) is 0 Å². The molecular formula is C13H13F3N2O. The third kappa shape index (κ3) is 3.74. The molecule has 0 bridgehead atoms. The van der Waals surface area contributed by atoms with Crippen molar-refractivity contribution in [2.45, 2.75) is 26.9 Å². The molecule has 0 aliphatic rings. The van der Waals surface area contributed by atoms with E-state index in [-0.39, 0.29) is 5.56 Å². The maximum Gasteiger partial charge on any atom is 0.417 e. The molecule has 0 unspecified atom stereocenters. The first-order valence-corrected chi connectivity index (χ1v) is 5.50. The van der Waals surface area contributed by atoms with Crippen LogP contribution in [0, 0.1) is 4.91 Å². The Morgan fingerprint density at radius 3 is 2.16 bits per heavy atom.